The van der Waals surface area contributed by atoms with E-state index in [9.17, 15) is 4.79 Å². The summed E-state index contributed by atoms with van der Waals surface area (Å²) in [5.74, 6) is 0.984. The lowest BCUT2D eigenvalue weighted by Gasteiger charge is -2.27. The van der Waals surface area contributed by atoms with Gasteiger partial charge in [0.1, 0.15) is 5.76 Å². The molecular weight excluding hydrogens is 410 g/mol. The highest BCUT2D eigenvalue weighted by molar-refractivity contribution is 7.99. The largest absolute Gasteiger partial charge is 0.467 e. The van der Waals surface area contributed by atoms with E-state index in [1.807, 2.05) is 29.2 Å². The third-order valence-electron chi connectivity index (χ3n) is 4.63. The van der Waals surface area contributed by atoms with Crippen LogP contribution in [0.15, 0.2) is 64.0 Å². The average Bonchev–Trinajstić information content (AvgIpc) is 3.43. The van der Waals surface area contributed by atoms with Crippen molar-refractivity contribution in [1.29, 1.82) is 0 Å². The van der Waals surface area contributed by atoms with Gasteiger partial charge in [-0.2, -0.15) is 4.68 Å². The number of halogens is 1. The summed E-state index contributed by atoms with van der Waals surface area (Å²) in [5, 5.41) is 13.0. The Morgan fingerprint density at radius 2 is 2.21 bits per heavy atom. The Bertz CT molecular complexity index is 1000. The number of thioether (sulfide) groups is 1. The van der Waals surface area contributed by atoms with Gasteiger partial charge >= 0.3 is 0 Å². The summed E-state index contributed by atoms with van der Waals surface area (Å²) in [5.41, 5.74) is 1.81. The Hall–Kier alpha value is -2.58. The molecule has 1 aromatic carbocycles. The summed E-state index contributed by atoms with van der Waals surface area (Å²) in [6.07, 6.45) is 7.93. The van der Waals surface area contributed by atoms with Crippen LogP contribution in [0.3, 0.4) is 0 Å². The second kappa shape index (κ2) is 9.28. The van der Waals surface area contributed by atoms with Crippen LogP contribution in [-0.2, 0) is 11.3 Å². The van der Waals surface area contributed by atoms with Gasteiger partial charge in [-0.3, -0.25) is 4.79 Å². The summed E-state index contributed by atoms with van der Waals surface area (Å²) < 4.78 is 7.05. The van der Waals surface area contributed by atoms with Crippen LogP contribution in [0.25, 0.3) is 5.69 Å². The molecule has 1 aliphatic carbocycles. The van der Waals surface area contributed by atoms with Crippen LogP contribution in [0.2, 0.25) is 5.02 Å². The molecule has 0 saturated carbocycles. The van der Waals surface area contributed by atoms with Crippen molar-refractivity contribution < 1.29 is 9.21 Å². The second-order valence-electron chi connectivity index (χ2n) is 6.64. The lowest BCUT2D eigenvalue weighted by Crippen LogP contribution is -2.32. The molecule has 150 valence electrons. The molecule has 0 fully saturated rings. The predicted octanol–water partition coefficient (Wildman–Crippen LogP) is 4.49. The Balaban J connectivity index is 1.48. The number of allylic oxidation sites excluding steroid dienone is 2. The van der Waals surface area contributed by atoms with Gasteiger partial charge in [-0.15, -0.1) is 5.10 Å². The van der Waals surface area contributed by atoms with Crippen LogP contribution in [0.1, 0.15) is 31.4 Å². The topological polar surface area (TPSA) is 77.1 Å². The molecule has 0 spiro atoms. The van der Waals surface area contributed by atoms with Crippen molar-refractivity contribution in [2.45, 2.75) is 37.4 Å². The van der Waals surface area contributed by atoms with Gasteiger partial charge in [0, 0.05) is 10.7 Å². The number of rotatable bonds is 7. The highest BCUT2D eigenvalue weighted by atomic mass is 35.5. The Morgan fingerprint density at radius 1 is 1.28 bits per heavy atom. The lowest BCUT2D eigenvalue weighted by molar-refractivity contribution is -0.127. The fourth-order valence-electron chi connectivity index (χ4n) is 3.22. The van der Waals surface area contributed by atoms with Crippen molar-refractivity contribution in [2.75, 3.05) is 5.75 Å². The first-order valence-electron chi connectivity index (χ1n) is 9.39. The van der Waals surface area contributed by atoms with Crippen molar-refractivity contribution in [3.8, 4) is 5.69 Å². The van der Waals surface area contributed by atoms with Crippen molar-refractivity contribution in [3.05, 3.63) is 65.2 Å². The molecule has 0 unspecified atom stereocenters. The number of nitrogens with zero attached hydrogens (tertiary/aromatic N) is 5. The van der Waals surface area contributed by atoms with Gasteiger partial charge in [-0.05, 0) is 66.4 Å². The lowest BCUT2D eigenvalue weighted by atomic mass is 10.0. The van der Waals surface area contributed by atoms with Gasteiger partial charge in [0.25, 0.3) is 0 Å². The first-order valence-corrected chi connectivity index (χ1v) is 10.8. The maximum absolute atomic E-state index is 13.1. The minimum Gasteiger partial charge on any atom is -0.467 e. The number of benzene rings is 1. The molecule has 1 aliphatic rings. The molecule has 9 heteroatoms. The summed E-state index contributed by atoms with van der Waals surface area (Å²) in [7, 11) is 0. The van der Waals surface area contributed by atoms with E-state index in [0.29, 0.717) is 16.7 Å². The van der Waals surface area contributed by atoms with E-state index < -0.39 is 0 Å². The van der Waals surface area contributed by atoms with E-state index in [-0.39, 0.29) is 11.7 Å². The molecule has 2 aromatic heterocycles. The van der Waals surface area contributed by atoms with Crippen LogP contribution >= 0.6 is 23.4 Å². The zero-order valence-electron chi connectivity index (χ0n) is 15.7. The van der Waals surface area contributed by atoms with E-state index in [1.165, 1.54) is 11.8 Å². The van der Waals surface area contributed by atoms with Crippen LogP contribution in [0.4, 0.5) is 0 Å². The Morgan fingerprint density at radius 3 is 2.97 bits per heavy atom. The first kappa shape index (κ1) is 19.7. The van der Waals surface area contributed by atoms with E-state index in [4.69, 9.17) is 16.0 Å². The predicted molar refractivity (Wildman–Crippen MR) is 111 cm³/mol. The first-order chi connectivity index (χ1) is 14.2. The molecule has 0 saturated heterocycles. The fraction of sp³-hybridized carbons (Fsp3) is 0.300. The summed E-state index contributed by atoms with van der Waals surface area (Å²) in [6.45, 7) is 0.428. The van der Waals surface area contributed by atoms with Gasteiger partial charge in [0.15, 0.2) is 0 Å². The van der Waals surface area contributed by atoms with Crippen LogP contribution in [0.5, 0.6) is 0 Å². The number of carbonyl (C=O) groups is 1. The number of amides is 1. The third kappa shape index (κ3) is 4.89. The van der Waals surface area contributed by atoms with Crippen molar-refractivity contribution in [3.63, 3.8) is 0 Å². The van der Waals surface area contributed by atoms with Gasteiger partial charge < -0.3 is 9.32 Å². The number of furan rings is 1. The minimum absolute atomic E-state index is 0.000180. The van der Waals surface area contributed by atoms with Crippen molar-refractivity contribution in [2.24, 2.45) is 0 Å². The number of carbonyl (C=O) groups excluding carboxylic acids is 1. The molecule has 7 nitrogen and oxygen atoms in total. The average molecular weight is 430 g/mol. The highest BCUT2D eigenvalue weighted by Crippen LogP contribution is 2.26. The van der Waals surface area contributed by atoms with Gasteiger partial charge in [0.2, 0.25) is 11.1 Å². The van der Waals surface area contributed by atoms with E-state index in [1.54, 1.807) is 23.1 Å². The molecule has 0 N–H and O–H groups in total. The number of tetrazole rings is 1. The molecule has 3 aromatic rings. The van der Waals surface area contributed by atoms with E-state index >= 15 is 0 Å². The maximum atomic E-state index is 13.1. The van der Waals surface area contributed by atoms with Crippen LogP contribution in [-0.4, -0.2) is 36.8 Å². The minimum atomic E-state index is 0.000180. The van der Waals surface area contributed by atoms with Crippen LogP contribution < -0.4 is 0 Å². The van der Waals surface area contributed by atoms with E-state index in [2.05, 4.69) is 21.6 Å². The molecule has 0 aliphatic heterocycles. The SMILES string of the molecule is O=C(CSc1nnnn1-c1cccc(Cl)c1)N(Cc1ccco1)C1=CCCCC1. The van der Waals surface area contributed by atoms with Gasteiger partial charge in [0.05, 0.1) is 24.2 Å². The zero-order chi connectivity index (χ0) is 20.1. The molecule has 0 bridgehead atoms. The number of hydrogen-bond donors (Lipinski definition) is 0. The van der Waals surface area contributed by atoms with Crippen LogP contribution in [0, 0.1) is 0 Å². The third-order valence-corrected chi connectivity index (χ3v) is 5.77. The van der Waals surface area contributed by atoms with Gasteiger partial charge in [-0.25, -0.2) is 0 Å². The summed E-state index contributed by atoms with van der Waals surface area (Å²) in [4.78, 5) is 14.9. The Kier molecular flexibility index (Phi) is 6.31. The quantitative estimate of drug-likeness (QED) is 0.515. The molecule has 4 rings (SSSR count). The monoisotopic (exact) mass is 429 g/mol. The van der Waals surface area contributed by atoms with Crippen molar-refractivity contribution >= 4 is 29.3 Å². The highest BCUT2D eigenvalue weighted by Gasteiger charge is 2.22. The maximum Gasteiger partial charge on any atom is 0.237 e. The standard InChI is InChI=1S/C20H20ClN5O2S/c21-15-6-4-9-17(12-15)26-20(22-23-24-26)29-14-19(27)25(13-18-10-5-11-28-18)16-7-2-1-3-8-16/h4-7,9-12H,1-3,8,13-14H2. The molecule has 29 heavy (non-hydrogen) atoms. The number of hydrogen-bond acceptors (Lipinski definition) is 6. The molecule has 0 radical (unpaired) electrons. The van der Waals surface area contributed by atoms with Crippen molar-refractivity contribution in [1.82, 2.24) is 25.1 Å². The summed E-state index contributed by atoms with van der Waals surface area (Å²) in [6, 6.07) is 11.0. The fourth-order valence-corrected chi connectivity index (χ4v) is 4.17. The zero-order valence-corrected chi connectivity index (χ0v) is 17.3. The normalized spacial score (nSPS) is 13.9. The molecule has 0 atom stereocenters. The summed E-state index contributed by atoms with van der Waals surface area (Å²) >= 11 is 7.37. The second-order valence-corrected chi connectivity index (χ2v) is 8.02. The van der Waals surface area contributed by atoms with Gasteiger partial charge in [-0.1, -0.05) is 35.5 Å². The Labute approximate surface area is 177 Å². The number of aromatic nitrogens is 4. The molecule has 2 heterocycles. The smallest absolute Gasteiger partial charge is 0.237 e. The molecular formula is C20H20ClN5O2S. The van der Waals surface area contributed by atoms with E-state index in [0.717, 1.165) is 42.8 Å². The molecule has 1 amide bonds.